The van der Waals surface area contributed by atoms with E-state index in [9.17, 15) is 0 Å². The minimum atomic E-state index is 0.348. The van der Waals surface area contributed by atoms with Crippen molar-refractivity contribution in [3.05, 3.63) is 11.8 Å². The predicted molar refractivity (Wildman–Crippen MR) is 75.5 cm³/mol. The molecule has 0 bridgehead atoms. The van der Waals surface area contributed by atoms with Gasteiger partial charge in [0.05, 0.1) is 17.8 Å². The fourth-order valence-electron chi connectivity index (χ4n) is 1.89. The van der Waals surface area contributed by atoms with Crippen LogP contribution in [0.2, 0.25) is 0 Å². The van der Waals surface area contributed by atoms with E-state index in [1.54, 1.807) is 11.8 Å². The van der Waals surface area contributed by atoms with E-state index in [1.807, 2.05) is 0 Å². The number of nitriles is 1. The summed E-state index contributed by atoms with van der Waals surface area (Å²) in [7, 11) is 0. The molecule has 0 aromatic carbocycles. The largest absolute Gasteiger partial charge is 0.310 e. The van der Waals surface area contributed by atoms with E-state index >= 15 is 0 Å². The quantitative estimate of drug-likeness (QED) is 0.663. The Morgan fingerprint density at radius 2 is 2.50 bits per heavy atom. The monoisotopic (exact) mass is 280 g/mol. The number of aromatic nitrogens is 2. The van der Waals surface area contributed by atoms with Crippen molar-refractivity contribution < 1.29 is 0 Å². The van der Waals surface area contributed by atoms with Crippen LogP contribution in [-0.4, -0.2) is 27.1 Å². The molecule has 0 saturated heterocycles. The summed E-state index contributed by atoms with van der Waals surface area (Å²) >= 11 is 2.98. The average molecular weight is 280 g/mol. The highest BCUT2D eigenvalue weighted by Gasteiger charge is 2.20. The summed E-state index contributed by atoms with van der Waals surface area (Å²) in [5, 5.41) is 13.0. The molecule has 6 heteroatoms. The first-order chi connectivity index (χ1) is 8.83. The fraction of sp³-hybridized carbons (Fsp3) is 0.583. The number of hydrogen-bond acceptors (Lipinski definition) is 6. The van der Waals surface area contributed by atoms with Gasteiger partial charge in [-0.05, 0) is 31.9 Å². The van der Waals surface area contributed by atoms with E-state index < -0.39 is 0 Å². The molecule has 0 aliphatic carbocycles. The molecule has 0 saturated carbocycles. The normalized spacial score (nSPS) is 19.3. The van der Waals surface area contributed by atoms with E-state index in [0.29, 0.717) is 12.5 Å². The van der Waals surface area contributed by atoms with E-state index in [2.05, 4.69) is 33.1 Å². The Labute approximate surface area is 116 Å². The second-order valence-electron chi connectivity index (χ2n) is 4.15. The maximum atomic E-state index is 8.51. The van der Waals surface area contributed by atoms with Crippen LogP contribution in [0.4, 0.5) is 0 Å². The molecular formula is C12H16N4S2. The maximum absolute atomic E-state index is 8.51. The van der Waals surface area contributed by atoms with Gasteiger partial charge in [0.2, 0.25) is 0 Å². The second kappa shape index (κ2) is 6.88. The Kier molecular flexibility index (Phi) is 5.17. The Morgan fingerprint density at radius 3 is 3.28 bits per heavy atom. The van der Waals surface area contributed by atoms with Crippen LogP contribution in [0.5, 0.6) is 0 Å². The lowest BCUT2D eigenvalue weighted by molar-refractivity contribution is 0.624. The number of unbranched alkanes of at least 4 members (excludes halogenated alkanes) is 1. The van der Waals surface area contributed by atoms with Crippen molar-refractivity contribution in [2.75, 3.05) is 12.3 Å². The van der Waals surface area contributed by atoms with Crippen LogP contribution in [0.15, 0.2) is 11.1 Å². The highest BCUT2D eigenvalue weighted by molar-refractivity contribution is 7.99. The molecule has 4 nitrogen and oxygen atoms in total. The van der Waals surface area contributed by atoms with E-state index in [1.165, 1.54) is 17.3 Å². The first kappa shape index (κ1) is 13.5. The van der Waals surface area contributed by atoms with Crippen LogP contribution < -0.4 is 5.32 Å². The van der Waals surface area contributed by atoms with Crippen LogP contribution in [-0.2, 0) is 0 Å². The zero-order valence-corrected chi connectivity index (χ0v) is 12.0. The van der Waals surface area contributed by atoms with Crippen molar-refractivity contribution in [3.8, 4) is 6.07 Å². The van der Waals surface area contributed by atoms with Gasteiger partial charge in [0.25, 0.3) is 0 Å². The van der Waals surface area contributed by atoms with Crippen LogP contribution in [0, 0.1) is 11.3 Å². The number of thioether (sulfide) groups is 1. The molecule has 1 aromatic rings. The predicted octanol–water partition coefficient (Wildman–Crippen LogP) is 2.70. The zero-order valence-electron chi connectivity index (χ0n) is 10.3. The Bertz CT molecular complexity index is 461. The number of nitrogens with one attached hydrogen (secondary N) is 1. The Hall–Kier alpha value is -0.900. The van der Waals surface area contributed by atoms with Crippen LogP contribution in [0.1, 0.15) is 31.9 Å². The van der Waals surface area contributed by atoms with Crippen LogP contribution in [0.25, 0.3) is 5.57 Å². The maximum Gasteiger partial charge on any atom is 0.138 e. The molecule has 2 heterocycles. The van der Waals surface area contributed by atoms with Crippen LogP contribution in [0.3, 0.4) is 0 Å². The third kappa shape index (κ3) is 3.31. The highest BCUT2D eigenvalue weighted by Crippen LogP contribution is 2.30. The summed E-state index contributed by atoms with van der Waals surface area (Å²) in [4.78, 5) is 0. The van der Waals surface area contributed by atoms with Crippen molar-refractivity contribution in [2.24, 2.45) is 0 Å². The standard InChI is InChI=1S/C12H16N4S2/c1-9-10(5-4-7-14-9)11-12(16-18-15-11)17-8-3-2-6-13/h5,9,14H,2-4,7-8H2,1H3. The zero-order chi connectivity index (χ0) is 12.8. The second-order valence-corrected chi connectivity index (χ2v) is 5.76. The molecule has 0 spiro atoms. The molecule has 1 atom stereocenters. The number of hydrogen-bond donors (Lipinski definition) is 1. The van der Waals surface area contributed by atoms with Gasteiger partial charge < -0.3 is 5.32 Å². The summed E-state index contributed by atoms with van der Waals surface area (Å²) in [6.45, 7) is 3.20. The van der Waals surface area contributed by atoms with Gasteiger partial charge >= 0.3 is 0 Å². The average Bonchev–Trinajstić information content (AvgIpc) is 2.83. The molecule has 0 fully saturated rings. The molecule has 1 unspecified atom stereocenters. The van der Waals surface area contributed by atoms with E-state index in [-0.39, 0.29) is 0 Å². The topological polar surface area (TPSA) is 61.6 Å². The van der Waals surface area contributed by atoms with Crippen molar-refractivity contribution in [1.29, 1.82) is 5.26 Å². The van der Waals surface area contributed by atoms with Crippen molar-refractivity contribution in [3.63, 3.8) is 0 Å². The molecule has 96 valence electrons. The first-order valence-electron chi connectivity index (χ1n) is 6.09. The SMILES string of the molecule is CC1NCCC=C1c1nsnc1SCCCC#N. The molecule has 1 aromatic heterocycles. The lowest BCUT2D eigenvalue weighted by Gasteiger charge is -2.21. The van der Waals surface area contributed by atoms with Crippen molar-refractivity contribution >= 4 is 29.1 Å². The summed E-state index contributed by atoms with van der Waals surface area (Å²) in [6.07, 6.45) is 4.83. The molecule has 0 radical (unpaired) electrons. The molecule has 18 heavy (non-hydrogen) atoms. The fourth-order valence-corrected chi connectivity index (χ4v) is 3.51. The molecule has 1 aliphatic rings. The Morgan fingerprint density at radius 1 is 1.61 bits per heavy atom. The Balaban J connectivity index is 2.03. The first-order valence-corrected chi connectivity index (χ1v) is 7.80. The minimum absolute atomic E-state index is 0.348. The van der Waals surface area contributed by atoms with Gasteiger partial charge in [-0.25, -0.2) is 0 Å². The molecular weight excluding hydrogens is 264 g/mol. The minimum Gasteiger partial charge on any atom is -0.310 e. The lowest BCUT2D eigenvalue weighted by atomic mass is 10.0. The van der Waals surface area contributed by atoms with Gasteiger partial charge in [-0.1, -0.05) is 6.08 Å². The number of rotatable bonds is 5. The van der Waals surface area contributed by atoms with Gasteiger partial charge in [-0.2, -0.15) is 14.0 Å². The molecule has 0 amide bonds. The molecule has 2 rings (SSSR count). The molecule has 1 N–H and O–H groups in total. The summed E-state index contributed by atoms with van der Waals surface area (Å²) in [6, 6.07) is 2.51. The van der Waals surface area contributed by atoms with Crippen molar-refractivity contribution in [2.45, 2.75) is 37.3 Å². The van der Waals surface area contributed by atoms with Crippen molar-refractivity contribution in [1.82, 2.24) is 14.1 Å². The van der Waals surface area contributed by atoms with Gasteiger partial charge in [-0.3, -0.25) is 0 Å². The van der Waals surface area contributed by atoms with E-state index in [4.69, 9.17) is 5.26 Å². The highest BCUT2D eigenvalue weighted by atomic mass is 32.2. The van der Waals surface area contributed by atoms with Gasteiger partial charge in [-0.15, -0.1) is 11.8 Å². The summed E-state index contributed by atoms with van der Waals surface area (Å²) in [5.41, 5.74) is 2.29. The third-order valence-electron chi connectivity index (χ3n) is 2.83. The van der Waals surface area contributed by atoms with Gasteiger partial charge in [0.1, 0.15) is 10.7 Å². The van der Waals surface area contributed by atoms with Gasteiger partial charge in [0, 0.05) is 18.2 Å². The smallest absolute Gasteiger partial charge is 0.138 e. The van der Waals surface area contributed by atoms with E-state index in [0.717, 1.165) is 35.9 Å². The summed E-state index contributed by atoms with van der Waals surface area (Å²) in [5.74, 6) is 0.932. The number of nitrogens with zero attached hydrogens (tertiary/aromatic N) is 3. The van der Waals surface area contributed by atoms with Crippen LogP contribution >= 0.6 is 23.5 Å². The molecule has 1 aliphatic heterocycles. The van der Waals surface area contributed by atoms with Gasteiger partial charge in [0.15, 0.2) is 0 Å². The third-order valence-corrected chi connectivity index (χ3v) is 4.52. The summed E-state index contributed by atoms with van der Waals surface area (Å²) < 4.78 is 8.79. The lowest BCUT2D eigenvalue weighted by Crippen LogP contribution is -2.31.